The van der Waals surface area contributed by atoms with Gasteiger partial charge in [-0.2, -0.15) is 0 Å². The number of nitrogens with two attached hydrogens (primary N) is 1. The molecule has 1 aliphatic carbocycles. The summed E-state index contributed by atoms with van der Waals surface area (Å²) in [4.78, 5) is 30.3. The molecule has 2 heterocycles. The zero-order valence-corrected chi connectivity index (χ0v) is 16.7. The monoisotopic (exact) mass is 412 g/mol. The minimum Gasteiger partial charge on any atom is -0.508 e. The molecular weight excluding hydrogens is 392 g/mol. The summed E-state index contributed by atoms with van der Waals surface area (Å²) in [6.45, 7) is 2.01. The molecule has 0 unspecified atom stereocenters. The van der Waals surface area contributed by atoms with E-state index in [-0.39, 0.29) is 23.5 Å². The number of phenolic OH excluding ortho intramolecular Hbond substituents is 1. The van der Waals surface area contributed by atoms with E-state index in [9.17, 15) is 14.7 Å². The van der Waals surface area contributed by atoms with Gasteiger partial charge in [-0.1, -0.05) is 0 Å². The summed E-state index contributed by atoms with van der Waals surface area (Å²) in [6, 6.07) is 6.12. The van der Waals surface area contributed by atoms with Gasteiger partial charge in [0.2, 0.25) is 5.55 Å². The van der Waals surface area contributed by atoms with Gasteiger partial charge >= 0.3 is 5.97 Å². The van der Waals surface area contributed by atoms with Crippen molar-refractivity contribution in [1.82, 2.24) is 0 Å². The van der Waals surface area contributed by atoms with Crippen LogP contribution in [0.5, 0.6) is 5.75 Å². The number of amides is 1. The maximum Gasteiger partial charge on any atom is 0.341 e. The van der Waals surface area contributed by atoms with Crippen molar-refractivity contribution in [2.24, 2.45) is 10.7 Å². The molecule has 0 spiro atoms. The van der Waals surface area contributed by atoms with Crippen LogP contribution >= 0.6 is 11.3 Å². The number of rotatable bonds is 4. The van der Waals surface area contributed by atoms with Gasteiger partial charge in [-0.3, -0.25) is 4.79 Å². The van der Waals surface area contributed by atoms with Gasteiger partial charge < -0.3 is 20.0 Å². The summed E-state index contributed by atoms with van der Waals surface area (Å²) in [7, 11) is 0. The highest BCUT2D eigenvalue weighted by atomic mass is 32.1. The Morgan fingerprint density at radius 1 is 1.28 bits per heavy atom. The molecule has 29 heavy (non-hydrogen) atoms. The molecule has 150 valence electrons. The molecule has 0 bridgehead atoms. The van der Waals surface area contributed by atoms with Crippen molar-refractivity contribution in [3.63, 3.8) is 0 Å². The number of nitrogens with zero attached hydrogens (tertiary/aromatic N) is 1. The molecule has 1 aliphatic rings. The molecule has 1 amide bonds. The van der Waals surface area contributed by atoms with Crippen molar-refractivity contribution in [2.45, 2.75) is 32.6 Å². The molecular formula is C21H20N2O5S. The zero-order chi connectivity index (χ0) is 20.5. The van der Waals surface area contributed by atoms with E-state index in [1.165, 1.54) is 23.5 Å². The van der Waals surface area contributed by atoms with Crippen LogP contribution in [0.25, 0.3) is 11.0 Å². The lowest BCUT2D eigenvalue weighted by atomic mass is 9.95. The van der Waals surface area contributed by atoms with Crippen LogP contribution in [0.4, 0.5) is 5.00 Å². The quantitative estimate of drug-likeness (QED) is 0.636. The third kappa shape index (κ3) is 3.63. The normalized spacial score (nSPS) is 14.0. The average Bonchev–Trinajstić information content (AvgIpc) is 3.05. The summed E-state index contributed by atoms with van der Waals surface area (Å²) in [5, 5.41) is 10.8. The third-order valence-electron chi connectivity index (χ3n) is 4.83. The molecule has 0 atom stereocenters. The van der Waals surface area contributed by atoms with E-state index in [0.29, 0.717) is 21.5 Å². The van der Waals surface area contributed by atoms with Gasteiger partial charge in [-0.15, -0.1) is 11.3 Å². The first-order valence-electron chi connectivity index (χ1n) is 9.41. The fourth-order valence-corrected chi connectivity index (χ4v) is 4.75. The van der Waals surface area contributed by atoms with E-state index in [1.807, 2.05) is 0 Å². The number of aryl methyl sites for hydroxylation is 1. The van der Waals surface area contributed by atoms with Crippen LogP contribution in [0.2, 0.25) is 0 Å². The highest BCUT2D eigenvalue weighted by Gasteiger charge is 2.26. The van der Waals surface area contributed by atoms with Gasteiger partial charge in [0.15, 0.2) is 0 Å². The van der Waals surface area contributed by atoms with E-state index in [2.05, 4.69) is 4.99 Å². The summed E-state index contributed by atoms with van der Waals surface area (Å²) in [6.07, 6.45) is 3.73. The Bertz CT molecular complexity index is 1190. The van der Waals surface area contributed by atoms with Gasteiger partial charge in [0.25, 0.3) is 5.91 Å². The number of aromatic hydroxyl groups is 1. The molecule has 0 saturated heterocycles. The predicted molar refractivity (Wildman–Crippen MR) is 109 cm³/mol. The molecule has 1 aromatic carbocycles. The van der Waals surface area contributed by atoms with Crippen molar-refractivity contribution >= 4 is 39.2 Å². The van der Waals surface area contributed by atoms with Crippen molar-refractivity contribution in [2.75, 3.05) is 6.61 Å². The highest BCUT2D eigenvalue weighted by Crippen LogP contribution is 2.40. The lowest BCUT2D eigenvalue weighted by Gasteiger charge is -2.11. The maximum atomic E-state index is 12.6. The molecule has 7 nitrogen and oxygen atoms in total. The van der Waals surface area contributed by atoms with E-state index < -0.39 is 11.9 Å². The fraction of sp³-hybridized carbons (Fsp3) is 0.286. The Kier molecular flexibility index (Phi) is 5.10. The standard InChI is InChI=1S/C21H20N2O5S/c1-2-27-21(26)17-13-5-3-4-6-16(13)29-20(17)23-19-14(18(22)25)9-11-7-8-12(24)10-15(11)28-19/h7-10,24H,2-6H2,1H3,(H2,22,25). The van der Waals surface area contributed by atoms with Crippen LogP contribution in [-0.4, -0.2) is 23.6 Å². The first-order valence-corrected chi connectivity index (χ1v) is 10.2. The second kappa shape index (κ2) is 7.71. The first-order chi connectivity index (χ1) is 14.0. The van der Waals surface area contributed by atoms with E-state index in [4.69, 9.17) is 14.9 Å². The number of hydrogen-bond donors (Lipinski definition) is 2. The summed E-state index contributed by atoms with van der Waals surface area (Å²) in [5.41, 5.74) is 7.40. The number of carbonyl (C=O) groups is 2. The molecule has 4 rings (SSSR count). The molecule has 0 radical (unpaired) electrons. The van der Waals surface area contributed by atoms with Crippen molar-refractivity contribution < 1.29 is 23.8 Å². The number of phenols is 1. The Balaban J connectivity index is 1.97. The number of carbonyl (C=O) groups excluding carboxylic acids is 2. The smallest absolute Gasteiger partial charge is 0.341 e. The Morgan fingerprint density at radius 3 is 2.83 bits per heavy atom. The minimum atomic E-state index is -0.693. The number of hydrogen-bond acceptors (Lipinski definition) is 7. The van der Waals surface area contributed by atoms with Crippen molar-refractivity contribution in [1.29, 1.82) is 0 Å². The van der Waals surface area contributed by atoms with Crippen LogP contribution in [0.1, 0.15) is 50.9 Å². The maximum absolute atomic E-state index is 12.6. The molecule has 2 aromatic heterocycles. The number of fused-ring (bicyclic) bond motifs is 2. The number of benzene rings is 1. The lowest BCUT2D eigenvalue weighted by molar-refractivity contribution is 0.0526. The van der Waals surface area contributed by atoms with Crippen LogP contribution in [-0.2, 0) is 17.6 Å². The van der Waals surface area contributed by atoms with Crippen LogP contribution < -0.4 is 11.3 Å². The third-order valence-corrected chi connectivity index (χ3v) is 6.02. The summed E-state index contributed by atoms with van der Waals surface area (Å²) in [5.74, 6) is -1.09. The number of esters is 1. The Morgan fingerprint density at radius 2 is 2.07 bits per heavy atom. The predicted octanol–water partition coefficient (Wildman–Crippen LogP) is 3.59. The second-order valence-electron chi connectivity index (χ2n) is 6.77. The summed E-state index contributed by atoms with van der Waals surface area (Å²) < 4.78 is 11.0. The SMILES string of the molecule is CCOC(=O)c1c(N=c2oc3cc(O)ccc3cc2C(N)=O)sc2c1CCCC2. The van der Waals surface area contributed by atoms with Gasteiger partial charge in [0.05, 0.1) is 12.2 Å². The molecule has 0 aliphatic heterocycles. The van der Waals surface area contributed by atoms with Gasteiger partial charge in [-0.25, -0.2) is 9.79 Å². The number of primary amides is 1. The fourth-order valence-electron chi connectivity index (χ4n) is 3.50. The van der Waals surface area contributed by atoms with Crippen molar-refractivity contribution in [3.8, 4) is 5.75 Å². The van der Waals surface area contributed by atoms with Gasteiger partial charge in [0, 0.05) is 16.3 Å². The van der Waals surface area contributed by atoms with Gasteiger partial charge in [0.1, 0.15) is 21.9 Å². The Labute approximate surface area is 170 Å². The molecule has 8 heteroatoms. The minimum absolute atomic E-state index is 0.000236. The second-order valence-corrected chi connectivity index (χ2v) is 7.86. The molecule has 0 saturated carbocycles. The van der Waals surface area contributed by atoms with Gasteiger partial charge in [-0.05, 0) is 56.4 Å². The Hall–Kier alpha value is -3.13. The van der Waals surface area contributed by atoms with Crippen LogP contribution in [0, 0.1) is 0 Å². The van der Waals surface area contributed by atoms with E-state index in [1.54, 1.807) is 19.1 Å². The van der Waals surface area contributed by atoms with Crippen LogP contribution in [0.3, 0.4) is 0 Å². The zero-order valence-electron chi connectivity index (χ0n) is 15.9. The summed E-state index contributed by atoms with van der Waals surface area (Å²) >= 11 is 1.41. The van der Waals surface area contributed by atoms with Crippen LogP contribution in [0.15, 0.2) is 33.7 Å². The topological polar surface area (TPSA) is 115 Å². The molecule has 0 fully saturated rings. The average molecular weight is 412 g/mol. The largest absolute Gasteiger partial charge is 0.508 e. The highest BCUT2D eigenvalue weighted by molar-refractivity contribution is 7.16. The number of thiophene rings is 1. The lowest BCUT2D eigenvalue weighted by Crippen LogP contribution is -2.21. The van der Waals surface area contributed by atoms with Crippen molar-refractivity contribution in [3.05, 3.63) is 51.4 Å². The molecule has 3 aromatic rings. The van der Waals surface area contributed by atoms with E-state index >= 15 is 0 Å². The van der Waals surface area contributed by atoms with E-state index in [0.717, 1.165) is 36.1 Å². The molecule has 3 N–H and O–H groups in total. The first kappa shape index (κ1) is 19.2. The number of ether oxygens (including phenoxy) is 1.